The molecule has 9 nitrogen and oxygen atoms in total. The van der Waals surface area contributed by atoms with Gasteiger partial charge in [0.1, 0.15) is 46.1 Å². The van der Waals surface area contributed by atoms with Crippen molar-refractivity contribution in [2.45, 2.75) is 69.2 Å². The maximum Gasteiger partial charge on any atom is 0.236 e. The number of fused-ring (bicyclic) bond motifs is 2. The van der Waals surface area contributed by atoms with Crippen molar-refractivity contribution in [2.75, 3.05) is 19.7 Å². The maximum atomic E-state index is 13.9. The number of carbonyl (C=O) groups excluding carboxylic acids is 2. The lowest BCUT2D eigenvalue weighted by Gasteiger charge is -2.29. The number of nitrogens with zero attached hydrogens (tertiary/aromatic N) is 3. The largest absolute Gasteiger partial charge is 0.489 e. The molecule has 0 unspecified atom stereocenters. The van der Waals surface area contributed by atoms with Gasteiger partial charge in [0.2, 0.25) is 5.91 Å². The normalized spacial score (nSPS) is 21.9. The molecule has 0 bridgehead atoms. The molecule has 4 heterocycles. The highest BCUT2D eigenvalue weighted by Crippen LogP contribution is 2.47. The Labute approximate surface area is 266 Å². The van der Waals surface area contributed by atoms with Gasteiger partial charge in [0.25, 0.3) is 0 Å². The molecule has 10 heteroatoms. The summed E-state index contributed by atoms with van der Waals surface area (Å²) in [6, 6.07) is 14.7. The number of hydrogen-bond donors (Lipinski definition) is 2. The maximum absolute atomic E-state index is 13.9. The van der Waals surface area contributed by atoms with Crippen molar-refractivity contribution in [3.05, 3.63) is 83.4 Å². The number of benzene rings is 2. The van der Waals surface area contributed by atoms with E-state index in [1.165, 1.54) is 12.1 Å². The Morgan fingerprint density at radius 3 is 2.65 bits per heavy atom. The Morgan fingerprint density at radius 2 is 1.93 bits per heavy atom. The van der Waals surface area contributed by atoms with Crippen LogP contribution in [0.3, 0.4) is 0 Å². The van der Waals surface area contributed by atoms with E-state index in [4.69, 9.17) is 14.5 Å². The fourth-order valence-electron chi connectivity index (χ4n) is 6.32. The molecular weight excluding hydrogens is 589 g/mol. The fraction of sp³-hybridized carbons (Fsp3) is 0.389. The molecule has 3 aliphatic rings. The number of ether oxygens (including phenoxy) is 2. The summed E-state index contributed by atoms with van der Waals surface area (Å²) in [4.78, 5) is 38.3. The first-order valence-electron chi connectivity index (χ1n) is 15.7. The summed E-state index contributed by atoms with van der Waals surface area (Å²) >= 11 is 0. The molecule has 1 amide bonds. The van der Waals surface area contributed by atoms with Gasteiger partial charge < -0.3 is 24.6 Å². The summed E-state index contributed by atoms with van der Waals surface area (Å²) in [5.41, 5.74) is 0.269. The number of rotatable bonds is 9. The Balaban J connectivity index is 1.21. The van der Waals surface area contributed by atoms with Crippen LogP contribution in [0.5, 0.6) is 11.5 Å². The number of pyridine rings is 2. The lowest BCUT2D eigenvalue weighted by molar-refractivity contribution is -0.136. The second-order valence-corrected chi connectivity index (χ2v) is 13.1. The minimum absolute atomic E-state index is 0.0185. The SMILES string of the molecule is C[C@](O)(CCC(=O)c1cc(OC2CC2)c2ncccc2c1)c1cc2c(c(-c3ccc(F)cc3)n1)OC[C@]2(C)C(=O)N1CC[C@@H](O)C1. The molecule has 2 fully saturated rings. The predicted octanol–water partition coefficient (Wildman–Crippen LogP) is 5.09. The van der Waals surface area contributed by atoms with E-state index in [0.29, 0.717) is 52.4 Å². The lowest BCUT2D eigenvalue weighted by Crippen LogP contribution is -2.45. The van der Waals surface area contributed by atoms with E-state index in [2.05, 4.69) is 4.98 Å². The monoisotopic (exact) mass is 625 g/mol. The minimum Gasteiger partial charge on any atom is -0.489 e. The van der Waals surface area contributed by atoms with Crippen LogP contribution in [0.15, 0.2) is 60.8 Å². The van der Waals surface area contributed by atoms with Gasteiger partial charge in [0, 0.05) is 47.8 Å². The van der Waals surface area contributed by atoms with E-state index in [1.54, 1.807) is 55.3 Å². The molecule has 3 atom stereocenters. The standard InChI is InChI=1S/C36H36FN3O6/c1-35(34(43)40-15-12-25(41)19-40)20-45-33-27(35)18-30(39-32(33)21-5-7-24(37)8-6-21)36(2,44)13-11-28(42)23-16-22-4-3-14-38-31(22)29(17-23)46-26-9-10-26/h3-8,14,16-18,25-26,41,44H,9-13,15,19-20H2,1-2H3/t25-,35+,36+/m1/s1. The molecule has 46 heavy (non-hydrogen) atoms. The molecular formula is C36H36FN3O6. The molecule has 1 saturated heterocycles. The smallest absolute Gasteiger partial charge is 0.236 e. The van der Waals surface area contributed by atoms with Gasteiger partial charge >= 0.3 is 0 Å². The van der Waals surface area contributed by atoms with Crippen molar-refractivity contribution < 1.29 is 33.7 Å². The Hall–Kier alpha value is -4.41. The summed E-state index contributed by atoms with van der Waals surface area (Å²) in [6.45, 7) is 4.12. The van der Waals surface area contributed by atoms with Gasteiger partial charge in [-0.15, -0.1) is 0 Å². The van der Waals surface area contributed by atoms with Gasteiger partial charge in [-0.2, -0.15) is 0 Å². The summed E-state index contributed by atoms with van der Waals surface area (Å²) in [7, 11) is 0. The number of aliphatic hydroxyl groups is 2. The van der Waals surface area contributed by atoms with Crippen molar-refractivity contribution in [2.24, 2.45) is 0 Å². The van der Waals surface area contributed by atoms with Gasteiger partial charge in [0.15, 0.2) is 5.78 Å². The molecule has 2 aliphatic heterocycles. The van der Waals surface area contributed by atoms with Crippen molar-refractivity contribution in [3.8, 4) is 22.8 Å². The molecule has 4 aromatic rings. The van der Waals surface area contributed by atoms with E-state index in [9.17, 15) is 24.2 Å². The Kier molecular flexibility index (Phi) is 7.52. The van der Waals surface area contributed by atoms with Crippen LogP contribution in [-0.2, 0) is 15.8 Å². The molecule has 0 spiro atoms. The zero-order chi connectivity index (χ0) is 32.2. The third-order valence-electron chi connectivity index (χ3n) is 9.31. The molecule has 1 aliphatic carbocycles. The number of halogens is 1. The summed E-state index contributed by atoms with van der Waals surface area (Å²) in [6.07, 6.45) is 3.77. The number of carbonyl (C=O) groups is 2. The first-order chi connectivity index (χ1) is 22.0. The number of aliphatic hydroxyl groups excluding tert-OH is 1. The second-order valence-electron chi connectivity index (χ2n) is 13.1. The third-order valence-corrected chi connectivity index (χ3v) is 9.31. The quantitative estimate of drug-likeness (QED) is 0.247. The van der Waals surface area contributed by atoms with Crippen LogP contribution in [0.2, 0.25) is 0 Å². The van der Waals surface area contributed by atoms with Crippen LogP contribution in [0.4, 0.5) is 4.39 Å². The molecule has 0 radical (unpaired) electrons. The fourth-order valence-corrected chi connectivity index (χ4v) is 6.32. The van der Waals surface area contributed by atoms with Crippen LogP contribution in [-0.4, -0.2) is 68.7 Å². The second kappa shape index (κ2) is 11.4. The molecule has 7 rings (SSSR count). The Bertz CT molecular complexity index is 1840. The summed E-state index contributed by atoms with van der Waals surface area (Å²) < 4.78 is 26.1. The first-order valence-corrected chi connectivity index (χ1v) is 15.7. The highest BCUT2D eigenvalue weighted by atomic mass is 19.1. The number of Topliss-reactive ketones (excluding diaryl/α,β-unsaturated/α-hetero) is 1. The lowest BCUT2D eigenvalue weighted by atomic mass is 9.80. The van der Waals surface area contributed by atoms with E-state index in [-0.39, 0.29) is 49.5 Å². The molecule has 2 aromatic heterocycles. The molecule has 238 valence electrons. The number of ketones is 1. The van der Waals surface area contributed by atoms with Crippen LogP contribution in [0.25, 0.3) is 22.2 Å². The van der Waals surface area contributed by atoms with Crippen molar-refractivity contribution in [3.63, 3.8) is 0 Å². The predicted molar refractivity (Wildman–Crippen MR) is 168 cm³/mol. The molecule has 2 N–H and O–H groups in total. The number of likely N-dealkylation sites (tertiary alicyclic amines) is 1. The van der Waals surface area contributed by atoms with Crippen molar-refractivity contribution in [1.82, 2.24) is 14.9 Å². The van der Waals surface area contributed by atoms with E-state index in [1.807, 2.05) is 12.1 Å². The van der Waals surface area contributed by atoms with Gasteiger partial charge in [-0.25, -0.2) is 9.37 Å². The highest BCUT2D eigenvalue weighted by Gasteiger charge is 2.48. The Morgan fingerprint density at radius 1 is 1.15 bits per heavy atom. The van der Waals surface area contributed by atoms with E-state index in [0.717, 1.165) is 18.2 Å². The van der Waals surface area contributed by atoms with E-state index < -0.39 is 22.9 Å². The van der Waals surface area contributed by atoms with Crippen molar-refractivity contribution in [1.29, 1.82) is 0 Å². The zero-order valence-electron chi connectivity index (χ0n) is 25.8. The number of aromatic nitrogens is 2. The van der Waals surface area contributed by atoms with Gasteiger partial charge in [0.05, 0.1) is 17.9 Å². The van der Waals surface area contributed by atoms with Crippen LogP contribution in [0.1, 0.15) is 67.6 Å². The number of amides is 1. The van der Waals surface area contributed by atoms with Crippen molar-refractivity contribution >= 4 is 22.6 Å². The van der Waals surface area contributed by atoms with Crippen LogP contribution < -0.4 is 9.47 Å². The van der Waals surface area contributed by atoms with Gasteiger partial charge in [-0.3, -0.25) is 14.6 Å². The van der Waals surface area contributed by atoms with E-state index >= 15 is 0 Å². The van der Waals surface area contributed by atoms with Crippen LogP contribution in [0, 0.1) is 5.82 Å². The van der Waals surface area contributed by atoms with Crippen LogP contribution >= 0.6 is 0 Å². The highest BCUT2D eigenvalue weighted by molar-refractivity contribution is 6.01. The number of β-amino-alcohol motifs (C(OH)–C–C–N with tert-alkyl or cyclic N) is 1. The summed E-state index contributed by atoms with van der Waals surface area (Å²) in [5, 5.41) is 22.8. The topological polar surface area (TPSA) is 122 Å². The summed E-state index contributed by atoms with van der Waals surface area (Å²) in [5.74, 6) is 0.211. The first kappa shape index (κ1) is 30.3. The average molecular weight is 626 g/mol. The molecule has 2 aromatic carbocycles. The minimum atomic E-state index is -1.57. The average Bonchev–Trinajstić information content (AvgIpc) is 3.66. The number of hydrogen-bond acceptors (Lipinski definition) is 8. The van der Waals surface area contributed by atoms with Gasteiger partial charge in [-0.1, -0.05) is 6.07 Å². The third kappa shape index (κ3) is 5.60. The zero-order valence-corrected chi connectivity index (χ0v) is 25.8. The van der Waals surface area contributed by atoms with Gasteiger partial charge in [-0.05, 0) is 88.1 Å². The molecule has 1 saturated carbocycles.